The Labute approximate surface area is 120 Å². The minimum absolute atomic E-state index is 0.437. The number of nitrogens with two attached hydrogens (primary N) is 1. The molecule has 0 aliphatic heterocycles. The van der Waals surface area contributed by atoms with Gasteiger partial charge in [-0.25, -0.2) is 0 Å². The molecule has 1 aliphatic rings. The Kier molecular flexibility index (Phi) is 5.61. The minimum Gasteiger partial charge on any atom is -0.389 e. The van der Waals surface area contributed by atoms with E-state index in [0.717, 1.165) is 24.4 Å². The van der Waals surface area contributed by atoms with Crippen molar-refractivity contribution in [3.05, 3.63) is 29.8 Å². The second-order valence-electron chi connectivity index (χ2n) is 5.00. The summed E-state index contributed by atoms with van der Waals surface area (Å²) in [5.74, 6) is 0. The predicted octanol–water partition coefficient (Wildman–Crippen LogP) is 3.08. The fourth-order valence-corrected chi connectivity index (χ4v) is 2.54. The van der Waals surface area contributed by atoms with Gasteiger partial charge in [-0.3, -0.25) is 0 Å². The van der Waals surface area contributed by atoms with E-state index in [1.165, 1.54) is 32.1 Å². The van der Waals surface area contributed by atoms with Gasteiger partial charge in [-0.05, 0) is 37.1 Å². The van der Waals surface area contributed by atoms with Gasteiger partial charge in [0.05, 0.1) is 12.7 Å². The molecule has 0 spiro atoms. The predicted molar refractivity (Wildman–Crippen MR) is 83.6 cm³/mol. The molecule has 0 heterocycles. The second kappa shape index (κ2) is 7.46. The molecule has 0 amide bonds. The van der Waals surface area contributed by atoms with Crippen LogP contribution in [-0.4, -0.2) is 24.2 Å². The first-order chi connectivity index (χ1) is 9.25. The van der Waals surface area contributed by atoms with Gasteiger partial charge >= 0.3 is 0 Å². The number of nitrogens with one attached hydrogen (secondary N) is 1. The number of thiocarbonyl (C=S) groups is 1. The van der Waals surface area contributed by atoms with Gasteiger partial charge in [-0.2, -0.15) is 0 Å². The first-order valence-corrected chi connectivity index (χ1v) is 7.42. The van der Waals surface area contributed by atoms with Gasteiger partial charge in [0, 0.05) is 17.8 Å². The Morgan fingerprint density at radius 1 is 1.21 bits per heavy atom. The molecule has 3 nitrogen and oxygen atoms in total. The van der Waals surface area contributed by atoms with E-state index in [4.69, 9.17) is 22.7 Å². The van der Waals surface area contributed by atoms with Crippen LogP contribution in [-0.2, 0) is 4.74 Å². The van der Waals surface area contributed by atoms with Crippen LogP contribution in [0.1, 0.15) is 37.7 Å². The van der Waals surface area contributed by atoms with Crippen LogP contribution in [0.2, 0.25) is 0 Å². The molecule has 104 valence electrons. The Morgan fingerprint density at radius 2 is 1.89 bits per heavy atom. The Balaban J connectivity index is 1.66. The SMILES string of the molecule is NC(=S)c1ccc(NCCOC2CCCCC2)cc1. The second-order valence-corrected chi connectivity index (χ2v) is 5.44. The standard InChI is InChI=1S/C15H22N2OS/c16-15(19)12-6-8-13(9-7-12)17-10-11-18-14-4-2-1-3-5-14/h6-9,14,17H,1-5,10-11H2,(H2,16,19). The molecular formula is C15H22N2OS. The van der Waals surface area contributed by atoms with Crippen LogP contribution >= 0.6 is 12.2 Å². The lowest BCUT2D eigenvalue weighted by Crippen LogP contribution is -2.20. The van der Waals surface area contributed by atoms with Crippen molar-refractivity contribution in [2.45, 2.75) is 38.2 Å². The summed E-state index contributed by atoms with van der Waals surface area (Å²) >= 11 is 4.92. The topological polar surface area (TPSA) is 47.3 Å². The van der Waals surface area contributed by atoms with E-state index in [1.54, 1.807) is 0 Å². The molecule has 1 fully saturated rings. The number of rotatable bonds is 6. The highest BCUT2D eigenvalue weighted by atomic mass is 32.1. The number of hydrogen-bond acceptors (Lipinski definition) is 3. The highest BCUT2D eigenvalue weighted by molar-refractivity contribution is 7.80. The first-order valence-electron chi connectivity index (χ1n) is 7.01. The summed E-state index contributed by atoms with van der Waals surface area (Å²) < 4.78 is 5.86. The average molecular weight is 278 g/mol. The van der Waals surface area contributed by atoms with Gasteiger partial charge in [0.2, 0.25) is 0 Å². The van der Waals surface area contributed by atoms with Crippen LogP contribution in [0.15, 0.2) is 24.3 Å². The van der Waals surface area contributed by atoms with Gasteiger partial charge in [0.1, 0.15) is 4.99 Å². The molecule has 19 heavy (non-hydrogen) atoms. The molecule has 4 heteroatoms. The van der Waals surface area contributed by atoms with E-state index < -0.39 is 0 Å². The molecule has 0 aromatic heterocycles. The minimum atomic E-state index is 0.437. The molecule has 1 saturated carbocycles. The maximum atomic E-state index is 5.86. The summed E-state index contributed by atoms with van der Waals surface area (Å²) in [6.07, 6.45) is 6.93. The lowest BCUT2D eigenvalue weighted by Gasteiger charge is -2.22. The van der Waals surface area contributed by atoms with Gasteiger partial charge in [0.25, 0.3) is 0 Å². The third kappa shape index (κ3) is 4.80. The van der Waals surface area contributed by atoms with Crippen LogP contribution in [0.3, 0.4) is 0 Å². The molecule has 1 aromatic rings. The number of benzene rings is 1. The summed E-state index contributed by atoms with van der Waals surface area (Å²) in [5.41, 5.74) is 7.54. The fourth-order valence-electron chi connectivity index (χ4n) is 2.41. The normalized spacial score (nSPS) is 16.2. The van der Waals surface area contributed by atoms with Crippen molar-refractivity contribution in [2.24, 2.45) is 5.73 Å². The molecule has 0 bridgehead atoms. The van der Waals surface area contributed by atoms with Crippen molar-refractivity contribution in [1.82, 2.24) is 0 Å². The van der Waals surface area contributed by atoms with E-state index in [9.17, 15) is 0 Å². The Bertz CT molecular complexity index is 399. The van der Waals surface area contributed by atoms with E-state index in [0.29, 0.717) is 11.1 Å². The highest BCUT2D eigenvalue weighted by Gasteiger charge is 2.12. The zero-order valence-corrected chi connectivity index (χ0v) is 12.0. The number of hydrogen-bond donors (Lipinski definition) is 2. The number of ether oxygens (including phenoxy) is 1. The van der Waals surface area contributed by atoms with Gasteiger partial charge < -0.3 is 15.8 Å². The van der Waals surface area contributed by atoms with Crippen molar-refractivity contribution in [2.75, 3.05) is 18.5 Å². The van der Waals surface area contributed by atoms with Crippen LogP contribution < -0.4 is 11.1 Å². The van der Waals surface area contributed by atoms with Crippen LogP contribution in [0, 0.1) is 0 Å². The van der Waals surface area contributed by atoms with E-state index >= 15 is 0 Å². The van der Waals surface area contributed by atoms with E-state index in [-0.39, 0.29) is 0 Å². The lowest BCUT2D eigenvalue weighted by molar-refractivity contribution is 0.0347. The monoisotopic (exact) mass is 278 g/mol. The van der Waals surface area contributed by atoms with Gasteiger partial charge in [-0.15, -0.1) is 0 Å². The van der Waals surface area contributed by atoms with Crippen LogP contribution in [0.4, 0.5) is 5.69 Å². The van der Waals surface area contributed by atoms with Crippen molar-refractivity contribution in [3.8, 4) is 0 Å². The highest BCUT2D eigenvalue weighted by Crippen LogP contribution is 2.20. The number of anilines is 1. The summed E-state index contributed by atoms with van der Waals surface area (Å²) in [7, 11) is 0. The molecule has 0 unspecified atom stereocenters. The quantitative estimate of drug-likeness (QED) is 0.620. The summed E-state index contributed by atoms with van der Waals surface area (Å²) in [5, 5.41) is 3.34. The molecule has 3 N–H and O–H groups in total. The fraction of sp³-hybridized carbons (Fsp3) is 0.533. The molecule has 0 radical (unpaired) electrons. The van der Waals surface area contributed by atoms with Crippen LogP contribution in [0.5, 0.6) is 0 Å². The summed E-state index contributed by atoms with van der Waals surface area (Å²) in [6, 6.07) is 7.86. The molecule has 0 saturated heterocycles. The van der Waals surface area contributed by atoms with Gasteiger partial charge in [0.15, 0.2) is 0 Å². The molecule has 1 aromatic carbocycles. The molecule has 2 rings (SSSR count). The zero-order chi connectivity index (χ0) is 13.5. The molecular weight excluding hydrogens is 256 g/mol. The van der Waals surface area contributed by atoms with Crippen molar-refractivity contribution >= 4 is 22.9 Å². The summed E-state index contributed by atoms with van der Waals surface area (Å²) in [4.78, 5) is 0.437. The Hall–Kier alpha value is -1.13. The van der Waals surface area contributed by atoms with Crippen molar-refractivity contribution in [1.29, 1.82) is 0 Å². The van der Waals surface area contributed by atoms with Gasteiger partial charge in [-0.1, -0.05) is 31.5 Å². The van der Waals surface area contributed by atoms with E-state index in [2.05, 4.69) is 5.32 Å². The van der Waals surface area contributed by atoms with E-state index in [1.807, 2.05) is 24.3 Å². The molecule has 1 aliphatic carbocycles. The zero-order valence-electron chi connectivity index (χ0n) is 11.2. The Morgan fingerprint density at radius 3 is 2.53 bits per heavy atom. The summed E-state index contributed by atoms with van der Waals surface area (Å²) in [6.45, 7) is 1.60. The maximum Gasteiger partial charge on any atom is 0.103 e. The third-order valence-corrected chi connectivity index (χ3v) is 3.74. The smallest absolute Gasteiger partial charge is 0.103 e. The largest absolute Gasteiger partial charge is 0.389 e. The van der Waals surface area contributed by atoms with Crippen molar-refractivity contribution in [3.63, 3.8) is 0 Å². The molecule has 0 atom stereocenters. The first kappa shape index (κ1) is 14.3. The lowest BCUT2D eigenvalue weighted by atomic mass is 9.98. The van der Waals surface area contributed by atoms with Crippen LogP contribution in [0.25, 0.3) is 0 Å². The average Bonchev–Trinajstić information content (AvgIpc) is 2.45. The maximum absolute atomic E-state index is 5.86. The van der Waals surface area contributed by atoms with Crippen molar-refractivity contribution < 1.29 is 4.74 Å². The third-order valence-electron chi connectivity index (χ3n) is 3.51.